The van der Waals surface area contributed by atoms with Gasteiger partial charge in [-0.15, -0.1) is 0 Å². The molecule has 16 heavy (non-hydrogen) atoms. The van der Waals surface area contributed by atoms with Crippen molar-refractivity contribution in [3.05, 3.63) is 24.3 Å². The van der Waals surface area contributed by atoms with E-state index in [9.17, 15) is 4.79 Å². The molecular weight excluding hydrogens is 270 g/mol. The minimum absolute atomic E-state index is 0.122. The van der Waals surface area contributed by atoms with Crippen LogP contribution in [0.5, 0.6) is 0 Å². The monoisotopic (exact) mass is 278 g/mol. The molecule has 1 atom stereocenters. The van der Waals surface area contributed by atoms with Gasteiger partial charge in [-0.1, -0.05) is 59.1 Å². The zero-order valence-corrected chi connectivity index (χ0v) is 10.5. The Morgan fingerprint density at radius 1 is 1.50 bits per heavy atom. The molecule has 0 spiro atoms. The maximum absolute atomic E-state index is 11.3. The van der Waals surface area contributed by atoms with E-state index in [1.807, 2.05) is 12.2 Å². The van der Waals surface area contributed by atoms with Crippen molar-refractivity contribution >= 4 is 40.7 Å². The summed E-state index contributed by atoms with van der Waals surface area (Å²) >= 11 is 16.2. The fourth-order valence-electron chi connectivity index (χ4n) is 1.26. The maximum Gasteiger partial charge on any atom is 0.272 e. The highest BCUT2D eigenvalue weighted by Gasteiger charge is 2.34. The third kappa shape index (κ3) is 3.41. The highest BCUT2D eigenvalue weighted by Crippen LogP contribution is 2.29. The van der Waals surface area contributed by atoms with Crippen molar-refractivity contribution in [1.82, 2.24) is 5.32 Å². The molecular formula is C10H9Cl3N2O. The van der Waals surface area contributed by atoms with Crippen LogP contribution < -0.4 is 5.32 Å². The fourth-order valence-corrected chi connectivity index (χ4v) is 1.46. The number of nitrogens with zero attached hydrogens (tertiary/aromatic N) is 1. The molecule has 1 aliphatic carbocycles. The predicted octanol–water partition coefficient (Wildman–Crippen LogP) is 2.50. The van der Waals surface area contributed by atoms with Crippen LogP contribution in [0.4, 0.5) is 0 Å². The van der Waals surface area contributed by atoms with E-state index in [-0.39, 0.29) is 6.54 Å². The van der Waals surface area contributed by atoms with Crippen LogP contribution in [0.1, 0.15) is 6.42 Å². The molecule has 0 saturated heterocycles. The molecule has 0 saturated carbocycles. The lowest BCUT2D eigenvalue weighted by Crippen LogP contribution is -2.41. The molecule has 0 bridgehead atoms. The zero-order chi connectivity index (χ0) is 12.2. The quantitative estimate of drug-likeness (QED) is 0.790. The van der Waals surface area contributed by atoms with Gasteiger partial charge in [-0.25, -0.2) is 0 Å². The first-order valence-corrected chi connectivity index (χ1v) is 5.64. The van der Waals surface area contributed by atoms with E-state index >= 15 is 0 Å². The van der Waals surface area contributed by atoms with E-state index in [4.69, 9.17) is 40.1 Å². The lowest BCUT2D eigenvalue weighted by atomic mass is 9.83. The second kappa shape index (κ2) is 5.09. The van der Waals surface area contributed by atoms with Crippen LogP contribution >= 0.6 is 34.8 Å². The number of nitrogens with one attached hydrogen (secondary N) is 1. The first-order valence-electron chi connectivity index (χ1n) is 4.50. The Morgan fingerprint density at radius 3 is 2.62 bits per heavy atom. The molecule has 1 rings (SSSR count). The molecule has 0 heterocycles. The van der Waals surface area contributed by atoms with Gasteiger partial charge in [-0.3, -0.25) is 4.79 Å². The number of allylic oxidation sites excluding steroid dienone is 3. The van der Waals surface area contributed by atoms with Crippen molar-refractivity contribution in [2.75, 3.05) is 6.54 Å². The van der Waals surface area contributed by atoms with E-state index < -0.39 is 15.1 Å². The summed E-state index contributed by atoms with van der Waals surface area (Å²) < 4.78 is -2.00. The molecule has 0 aromatic heterocycles. The number of carbonyl (C=O) groups is 1. The summed E-state index contributed by atoms with van der Waals surface area (Å²) in [6.07, 6.45) is 7.71. The van der Waals surface area contributed by atoms with Crippen molar-refractivity contribution in [2.24, 2.45) is 5.41 Å². The zero-order valence-electron chi connectivity index (χ0n) is 8.21. The van der Waals surface area contributed by atoms with Gasteiger partial charge in [-0.2, -0.15) is 5.26 Å². The number of amides is 1. The summed E-state index contributed by atoms with van der Waals surface area (Å²) in [5.74, 6) is -0.727. The summed E-state index contributed by atoms with van der Waals surface area (Å²) in [7, 11) is 0. The van der Waals surface area contributed by atoms with Crippen molar-refractivity contribution in [3.8, 4) is 6.07 Å². The minimum atomic E-state index is -2.00. The van der Waals surface area contributed by atoms with Gasteiger partial charge in [0.2, 0.25) is 0 Å². The fraction of sp³-hybridized carbons (Fsp3) is 0.400. The van der Waals surface area contributed by atoms with Crippen LogP contribution in [0, 0.1) is 16.7 Å². The van der Waals surface area contributed by atoms with E-state index in [2.05, 4.69) is 11.4 Å². The molecule has 1 N–H and O–H groups in total. The highest BCUT2D eigenvalue weighted by molar-refractivity contribution is 6.76. The Hall–Kier alpha value is -0.690. The van der Waals surface area contributed by atoms with Crippen molar-refractivity contribution < 1.29 is 4.79 Å². The third-order valence-corrected chi connectivity index (χ3v) is 2.70. The lowest BCUT2D eigenvalue weighted by molar-refractivity contribution is -0.120. The summed E-state index contributed by atoms with van der Waals surface area (Å²) in [4.78, 5) is 11.3. The number of carbonyl (C=O) groups excluding carboxylic acids is 1. The molecule has 0 aliphatic heterocycles. The highest BCUT2D eigenvalue weighted by atomic mass is 35.6. The van der Waals surface area contributed by atoms with Crippen LogP contribution in [0.15, 0.2) is 24.3 Å². The summed E-state index contributed by atoms with van der Waals surface area (Å²) in [5, 5.41) is 11.5. The van der Waals surface area contributed by atoms with Gasteiger partial charge >= 0.3 is 0 Å². The van der Waals surface area contributed by atoms with Crippen molar-refractivity contribution in [1.29, 1.82) is 5.26 Å². The molecule has 1 amide bonds. The number of rotatable bonds is 2. The first-order chi connectivity index (χ1) is 7.40. The average Bonchev–Trinajstić information content (AvgIpc) is 2.26. The van der Waals surface area contributed by atoms with Crippen molar-refractivity contribution in [3.63, 3.8) is 0 Å². The third-order valence-electron chi connectivity index (χ3n) is 2.19. The Balaban J connectivity index is 2.61. The molecule has 0 radical (unpaired) electrons. The smallest absolute Gasteiger partial charge is 0.272 e. The molecule has 6 heteroatoms. The molecule has 3 nitrogen and oxygen atoms in total. The standard InChI is InChI=1S/C10H9Cl3N2O/c11-10(12,13)8(16)15-7-9(6-14)4-2-1-3-5-9/h1-4H,5,7H2,(H,15,16). The van der Waals surface area contributed by atoms with Crippen LogP contribution in [-0.2, 0) is 4.79 Å². The number of hydrogen-bond acceptors (Lipinski definition) is 2. The molecule has 0 aromatic rings. The Labute approximate surface area is 109 Å². The number of hydrogen-bond donors (Lipinski definition) is 1. The summed E-state index contributed by atoms with van der Waals surface area (Å²) in [6.45, 7) is 0.122. The van der Waals surface area contributed by atoms with Gasteiger partial charge in [0.05, 0.1) is 11.5 Å². The molecule has 1 unspecified atom stereocenters. The van der Waals surface area contributed by atoms with Gasteiger partial charge < -0.3 is 5.32 Å². The lowest BCUT2D eigenvalue weighted by Gasteiger charge is -2.24. The Kier molecular flexibility index (Phi) is 4.26. The molecule has 86 valence electrons. The van der Waals surface area contributed by atoms with Crippen LogP contribution in [0.3, 0.4) is 0 Å². The number of nitriles is 1. The van der Waals surface area contributed by atoms with E-state index in [1.165, 1.54) is 0 Å². The maximum atomic E-state index is 11.3. The summed E-state index contributed by atoms with van der Waals surface area (Å²) in [5.41, 5.74) is -0.750. The van der Waals surface area contributed by atoms with Crippen LogP contribution in [0.25, 0.3) is 0 Å². The SMILES string of the molecule is N#CC1(CNC(=O)C(Cl)(Cl)Cl)C=CC=CC1. The summed E-state index contributed by atoms with van der Waals surface area (Å²) in [6, 6.07) is 2.14. The number of alkyl halides is 3. The Bertz CT molecular complexity index is 379. The van der Waals surface area contributed by atoms with Gasteiger partial charge in [0.15, 0.2) is 0 Å². The largest absolute Gasteiger partial charge is 0.350 e. The Morgan fingerprint density at radius 2 is 2.19 bits per heavy atom. The first kappa shape index (κ1) is 13.4. The van der Waals surface area contributed by atoms with E-state index in [0.29, 0.717) is 6.42 Å². The van der Waals surface area contributed by atoms with E-state index in [1.54, 1.807) is 12.2 Å². The van der Waals surface area contributed by atoms with Crippen LogP contribution in [-0.4, -0.2) is 16.2 Å². The van der Waals surface area contributed by atoms with Gasteiger partial charge in [0.1, 0.15) is 0 Å². The molecule has 0 fully saturated rings. The second-order valence-electron chi connectivity index (χ2n) is 3.44. The number of halogens is 3. The van der Waals surface area contributed by atoms with Gasteiger partial charge in [-0.05, 0) is 6.42 Å². The topological polar surface area (TPSA) is 52.9 Å². The van der Waals surface area contributed by atoms with Gasteiger partial charge in [0, 0.05) is 6.54 Å². The van der Waals surface area contributed by atoms with Crippen LogP contribution in [0.2, 0.25) is 0 Å². The average molecular weight is 280 g/mol. The minimum Gasteiger partial charge on any atom is -0.350 e. The molecule has 0 aromatic carbocycles. The second-order valence-corrected chi connectivity index (χ2v) is 5.72. The normalized spacial score (nSPS) is 23.9. The predicted molar refractivity (Wildman–Crippen MR) is 64.2 cm³/mol. The molecule has 1 aliphatic rings. The van der Waals surface area contributed by atoms with Gasteiger partial charge in [0.25, 0.3) is 9.70 Å². The van der Waals surface area contributed by atoms with Crippen molar-refractivity contribution in [2.45, 2.75) is 10.2 Å². The van der Waals surface area contributed by atoms with E-state index in [0.717, 1.165) is 0 Å².